The average molecular weight is 358 g/mol. The predicted octanol–water partition coefficient (Wildman–Crippen LogP) is 2.57. The van der Waals surface area contributed by atoms with E-state index in [4.69, 9.17) is 0 Å². The number of nitro groups is 1. The van der Waals surface area contributed by atoms with E-state index in [1.54, 1.807) is 13.0 Å². The zero-order valence-corrected chi connectivity index (χ0v) is 14.3. The highest BCUT2D eigenvalue weighted by Gasteiger charge is 2.20. The van der Waals surface area contributed by atoms with E-state index in [0.29, 0.717) is 11.4 Å². The summed E-state index contributed by atoms with van der Waals surface area (Å²) in [5, 5.41) is 29.4. The van der Waals surface area contributed by atoms with Gasteiger partial charge < -0.3 is 5.32 Å². The number of carbonyl (C=O) groups is 1. The second-order valence-corrected chi connectivity index (χ2v) is 6.14. The summed E-state index contributed by atoms with van der Waals surface area (Å²) in [5.74, 6) is -0.0437. The number of benzene rings is 1. The maximum absolute atomic E-state index is 12.3. The molecule has 0 saturated carbocycles. The Balaban J connectivity index is 1.77. The summed E-state index contributed by atoms with van der Waals surface area (Å²) in [4.78, 5) is 24.1. The van der Waals surface area contributed by atoms with Crippen LogP contribution in [0, 0.1) is 24.0 Å². The van der Waals surface area contributed by atoms with Crippen LogP contribution in [0.15, 0.2) is 29.0 Å². The van der Waals surface area contributed by atoms with Gasteiger partial charge in [0.25, 0.3) is 5.69 Å². The number of aryl methyl sites for hydroxylation is 1. The highest BCUT2D eigenvalue weighted by Crippen LogP contribution is 2.30. The molecule has 0 unspecified atom stereocenters. The van der Waals surface area contributed by atoms with E-state index >= 15 is 0 Å². The fourth-order valence-corrected chi connectivity index (χ4v) is 2.87. The first-order valence-electron chi connectivity index (χ1n) is 7.30. The van der Waals surface area contributed by atoms with Gasteiger partial charge in [-0.1, -0.05) is 6.07 Å². The summed E-state index contributed by atoms with van der Waals surface area (Å²) in [6.07, 6.45) is 0. The first-order chi connectivity index (χ1) is 12.0. The Morgan fingerprint density at radius 1 is 1.36 bits per heavy atom. The average Bonchev–Trinajstić information content (AvgIpc) is 3.22. The minimum absolute atomic E-state index is 0.151. The molecule has 0 aliphatic rings. The molecule has 0 aliphatic heterocycles. The number of nitrogens with zero attached hydrogens (tertiary/aromatic N) is 5. The number of anilines is 1. The Kier molecular flexibility index (Phi) is 4.52. The van der Waals surface area contributed by atoms with Crippen molar-refractivity contribution in [1.29, 1.82) is 0 Å². The van der Waals surface area contributed by atoms with Crippen LogP contribution in [0.2, 0.25) is 0 Å². The third-order valence-corrected chi connectivity index (χ3v) is 4.38. The van der Waals surface area contributed by atoms with E-state index in [1.165, 1.54) is 17.4 Å². The van der Waals surface area contributed by atoms with E-state index in [-0.39, 0.29) is 17.9 Å². The van der Waals surface area contributed by atoms with Crippen LogP contribution in [0.5, 0.6) is 0 Å². The Morgan fingerprint density at radius 3 is 2.84 bits per heavy atom. The van der Waals surface area contributed by atoms with Crippen molar-refractivity contribution in [1.82, 2.24) is 20.2 Å². The molecule has 0 saturated heterocycles. The van der Waals surface area contributed by atoms with Gasteiger partial charge in [0.1, 0.15) is 12.2 Å². The summed E-state index contributed by atoms with van der Waals surface area (Å²) in [6, 6.07) is 4.88. The van der Waals surface area contributed by atoms with Gasteiger partial charge in [0, 0.05) is 17.0 Å². The van der Waals surface area contributed by atoms with Crippen molar-refractivity contribution in [3.05, 3.63) is 50.2 Å². The normalized spacial score (nSPS) is 10.6. The molecular weight excluding hydrogens is 344 g/mol. The van der Waals surface area contributed by atoms with Crippen LogP contribution in [-0.2, 0) is 11.3 Å². The molecule has 2 heterocycles. The number of tetrazole rings is 1. The molecule has 0 bridgehead atoms. The molecule has 9 nitrogen and oxygen atoms in total. The molecule has 3 rings (SSSR count). The fraction of sp³-hybridized carbons (Fsp3) is 0.200. The van der Waals surface area contributed by atoms with Crippen LogP contribution in [-0.4, -0.2) is 31.0 Å². The molecule has 0 atom stereocenters. The minimum Gasteiger partial charge on any atom is -0.318 e. The van der Waals surface area contributed by atoms with Crippen LogP contribution in [0.4, 0.5) is 11.4 Å². The van der Waals surface area contributed by atoms with Crippen molar-refractivity contribution in [3.63, 3.8) is 0 Å². The van der Waals surface area contributed by atoms with Crippen molar-refractivity contribution in [2.75, 3.05) is 5.32 Å². The van der Waals surface area contributed by atoms with Gasteiger partial charge >= 0.3 is 0 Å². The van der Waals surface area contributed by atoms with Gasteiger partial charge in [0.2, 0.25) is 11.7 Å². The van der Waals surface area contributed by atoms with Gasteiger partial charge in [-0.25, -0.2) is 0 Å². The molecule has 0 radical (unpaired) electrons. The topological polar surface area (TPSA) is 116 Å². The first kappa shape index (κ1) is 16.7. The second-order valence-electron chi connectivity index (χ2n) is 5.36. The fourth-order valence-electron chi connectivity index (χ4n) is 2.24. The van der Waals surface area contributed by atoms with Gasteiger partial charge in [-0.2, -0.15) is 16.1 Å². The summed E-state index contributed by atoms with van der Waals surface area (Å²) in [7, 11) is 0. The number of nitro benzene ring substituents is 1. The Labute approximate surface area is 146 Å². The molecule has 2 aromatic heterocycles. The molecule has 25 heavy (non-hydrogen) atoms. The van der Waals surface area contributed by atoms with Crippen LogP contribution < -0.4 is 5.32 Å². The van der Waals surface area contributed by atoms with Gasteiger partial charge in [-0.3, -0.25) is 14.9 Å². The third kappa shape index (κ3) is 3.53. The quantitative estimate of drug-likeness (QED) is 0.553. The van der Waals surface area contributed by atoms with Gasteiger partial charge in [-0.05, 0) is 41.6 Å². The van der Waals surface area contributed by atoms with E-state index < -0.39 is 10.8 Å². The zero-order valence-electron chi connectivity index (χ0n) is 13.5. The van der Waals surface area contributed by atoms with Crippen LogP contribution in [0.25, 0.3) is 11.4 Å². The maximum atomic E-state index is 12.3. The van der Waals surface area contributed by atoms with Crippen LogP contribution in [0.1, 0.15) is 11.1 Å². The van der Waals surface area contributed by atoms with E-state index in [9.17, 15) is 14.9 Å². The molecular formula is C15H14N6O3S. The Hall–Kier alpha value is -3.14. The third-order valence-electron chi connectivity index (χ3n) is 3.69. The van der Waals surface area contributed by atoms with E-state index in [0.717, 1.165) is 15.9 Å². The summed E-state index contributed by atoms with van der Waals surface area (Å²) < 4.78 is 0. The molecule has 10 heteroatoms. The minimum atomic E-state index is -0.523. The lowest BCUT2D eigenvalue weighted by Crippen LogP contribution is -2.21. The smallest absolute Gasteiger partial charge is 0.293 e. The number of amides is 1. The van der Waals surface area contributed by atoms with Crippen molar-refractivity contribution < 1.29 is 9.72 Å². The summed E-state index contributed by atoms with van der Waals surface area (Å²) in [6.45, 7) is 3.35. The number of rotatable bonds is 5. The zero-order chi connectivity index (χ0) is 18.0. The monoisotopic (exact) mass is 358 g/mol. The SMILES string of the molecule is Cc1ccc([N+](=O)[O-])c(NC(=O)Cn2nnc(-c3ccsc3)n2)c1C. The predicted molar refractivity (Wildman–Crippen MR) is 92.3 cm³/mol. The van der Waals surface area contributed by atoms with Crippen LogP contribution >= 0.6 is 11.3 Å². The largest absolute Gasteiger partial charge is 0.318 e. The molecule has 128 valence electrons. The molecule has 0 fully saturated rings. The Morgan fingerprint density at radius 2 is 2.16 bits per heavy atom. The van der Waals surface area contributed by atoms with Crippen molar-refractivity contribution in [2.24, 2.45) is 0 Å². The lowest BCUT2D eigenvalue weighted by Gasteiger charge is -2.10. The van der Waals surface area contributed by atoms with E-state index in [2.05, 4.69) is 20.7 Å². The molecule has 0 aliphatic carbocycles. The molecule has 0 spiro atoms. The van der Waals surface area contributed by atoms with Gasteiger partial charge in [0.15, 0.2) is 0 Å². The standard InChI is InChI=1S/C15H14N6O3S/c1-9-3-4-12(21(23)24)14(10(9)2)16-13(22)7-20-18-15(17-19-20)11-5-6-25-8-11/h3-6,8H,7H2,1-2H3,(H,16,22). The number of thiophene rings is 1. The maximum Gasteiger partial charge on any atom is 0.293 e. The number of hydrogen-bond acceptors (Lipinski definition) is 7. The molecule has 1 aromatic carbocycles. The number of nitrogens with one attached hydrogen (secondary N) is 1. The molecule has 3 aromatic rings. The summed E-state index contributed by atoms with van der Waals surface area (Å²) in [5.41, 5.74) is 2.35. The first-order valence-corrected chi connectivity index (χ1v) is 8.25. The van der Waals surface area contributed by atoms with Gasteiger partial charge in [-0.15, -0.1) is 10.2 Å². The van der Waals surface area contributed by atoms with Crippen LogP contribution in [0.3, 0.4) is 0 Å². The van der Waals surface area contributed by atoms with E-state index in [1.807, 2.05) is 23.8 Å². The molecule has 1 N–H and O–H groups in total. The highest BCUT2D eigenvalue weighted by atomic mass is 32.1. The molecule has 1 amide bonds. The lowest BCUT2D eigenvalue weighted by molar-refractivity contribution is -0.384. The Bertz CT molecular complexity index is 935. The van der Waals surface area contributed by atoms with Crippen molar-refractivity contribution in [2.45, 2.75) is 20.4 Å². The summed E-state index contributed by atoms with van der Waals surface area (Å²) >= 11 is 1.51. The van der Waals surface area contributed by atoms with Crippen molar-refractivity contribution >= 4 is 28.6 Å². The number of carbonyl (C=O) groups excluding carboxylic acids is 1. The second kappa shape index (κ2) is 6.77. The van der Waals surface area contributed by atoms with Crippen molar-refractivity contribution in [3.8, 4) is 11.4 Å². The van der Waals surface area contributed by atoms with Gasteiger partial charge in [0.05, 0.1) is 4.92 Å². The highest BCUT2D eigenvalue weighted by molar-refractivity contribution is 7.08. The number of hydrogen-bond donors (Lipinski definition) is 1. The number of aromatic nitrogens is 4. The lowest BCUT2D eigenvalue weighted by atomic mass is 10.1.